The maximum absolute atomic E-state index is 5.44. The smallest absolute Gasteiger partial charge is 0.127 e. The fourth-order valence-corrected chi connectivity index (χ4v) is 2.64. The normalized spacial score (nSPS) is 10.6. The molecule has 0 fully saturated rings. The monoisotopic (exact) mass is 323 g/mol. The Kier molecular flexibility index (Phi) is 5.13. The van der Waals surface area contributed by atoms with Crippen molar-refractivity contribution in [3.05, 3.63) is 72.3 Å². The molecule has 0 saturated heterocycles. The van der Waals surface area contributed by atoms with Crippen molar-refractivity contribution in [2.24, 2.45) is 0 Å². The topological polar surface area (TPSA) is 48.3 Å². The number of imidazole rings is 1. The zero-order valence-corrected chi connectivity index (χ0v) is 13.9. The Morgan fingerprint density at radius 1 is 1.00 bits per heavy atom. The predicted molar refractivity (Wildman–Crippen MR) is 93.7 cm³/mol. The largest absolute Gasteiger partial charge is 0.497 e. The summed E-state index contributed by atoms with van der Waals surface area (Å²) >= 11 is 0. The van der Waals surface area contributed by atoms with E-state index >= 15 is 0 Å². The quantitative estimate of drug-likeness (QED) is 0.725. The highest BCUT2D eigenvalue weighted by Crippen LogP contribution is 2.24. The number of aromatic nitrogens is 2. The fraction of sp³-hybridized carbons (Fsp3) is 0.211. The minimum absolute atomic E-state index is 0.714. The van der Waals surface area contributed by atoms with E-state index < -0.39 is 0 Å². The summed E-state index contributed by atoms with van der Waals surface area (Å²) in [4.78, 5) is 4.12. The Labute approximate surface area is 141 Å². The van der Waals surface area contributed by atoms with Crippen LogP contribution in [-0.4, -0.2) is 23.8 Å². The number of hydrogen-bond acceptors (Lipinski definition) is 4. The second-order valence-corrected chi connectivity index (χ2v) is 5.38. The number of methoxy groups -OCH3 is 2. The number of benzene rings is 2. The third kappa shape index (κ3) is 3.58. The molecule has 0 aliphatic rings. The molecule has 0 aliphatic heterocycles. The molecule has 0 saturated carbocycles. The van der Waals surface area contributed by atoms with Gasteiger partial charge in [0.05, 0.1) is 26.2 Å². The van der Waals surface area contributed by atoms with E-state index in [4.69, 9.17) is 9.47 Å². The molecule has 1 N–H and O–H groups in total. The second kappa shape index (κ2) is 7.66. The van der Waals surface area contributed by atoms with Gasteiger partial charge in [0.15, 0.2) is 0 Å². The highest BCUT2D eigenvalue weighted by molar-refractivity contribution is 5.42. The van der Waals surface area contributed by atoms with Crippen LogP contribution in [0.3, 0.4) is 0 Å². The number of hydrogen-bond donors (Lipinski definition) is 1. The van der Waals surface area contributed by atoms with Gasteiger partial charge in [0.1, 0.15) is 11.5 Å². The Bertz CT molecular complexity index is 785. The maximum Gasteiger partial charge on any atom is 0.127 e. The van der Waals surface area contributed by atoms with Crippen LogP contribution >= 0.6 is 0 Å². The number of para-hydroxylation sites is 1. The van der Waals surface area contributed by atoms with Crippen LogP contribution in [-0.2, 0) is 13.1 Å². The lowest BCUT2D eigenvalue weighted by molar-refractivity contribution is 0.390. The van der Waals surface area contributed by atoms with Crippen molar-refractivity contribution >= 4 is 0 Å². The summed E-state index contributed by atoms with van der Waals surface area (Å²) in [5, 5.41) is 3.48. The van der Waals surface area contributed by atoms with Gasteiger partial charge in [-0.2, -0.15) is 0 Å². The van der Waals surface area contributed by atoms with Crippen LogP contribution in [0, 0.1) is 0 Å². The van der Waals surface area contributed by atoms with Crippen LogP contribution in [0.25, 0.3) is 5.69 Å². The first-order valence-electron chi connectivity index (χ1n) is 7.79. The van der Waals surface area contributed by atoms with Gasteiger partial charge in [-0.1, -0.05) is 24.3 Å². The van der Waals surface area contributed by atoms with Crippen molar-refractivity contribution in [3.8, 4) is 17.2 Å². The average molecular weight is 323 g/mol. The molecule has 3 rings (SSSR count). The van der Waals surface area contributed by atoms with Crippen molar-refractivity contribution in [1.29, 1.82) is 0 Å². The van der Waals surface area contributed by atoms with Crippen molar-refractivity contribution in [3.63, 3.8) is 0 Å². The van der Waals surface area contributed by atoms with Gasteiger partial charge in [0.2, 0.25) is 0 Å². The van der Waals surface area contributed by atoms with E-state index in [0.717, 1.165) is 29.3 Å². The Morgan fingerprint density at radius 3 is 2.58 bits per heavy atom. The molecule has 0 unspecified atom stereocenters. The number of nitrogens with one attached hydrogen (secondary N) is 1. The van der Waals surface area contributed by atoms with E-state index in [1.165, 1.54) is 5.56 Å². The van der Waals surface area contributed by atoms with E-state index in [2.05, 4.69) is 22.4 Å². The van der Waals surface area contributed by atoms with Gasteiger partial charge < -0.3 is 19.4 Å². The summed E-state index contributed by atoms with van der Waals surface area (Å²) in [5.74, 6) is 1.62. The molecule has 5 nitrogen and oxygen atoms in total. The molecule has 1 aromatic heterocycles. The van der Waals surface area contributed by atoms with Crippen LogP contribution in [0.4, 0.5) is 0 Å². The van der Waals surface area contributed by atoms with Crippen molar-refractivity contribution in [2.75, 3.05) is 14.2 Å². The molecule has 5 heteroatoms. The third-order valence-electron chi connectivity index (χ3n) is 3.90. The van der Waals surface area contributed by atoms with E-state index in [9.17, 15) is 0 Å². The Morgan fingerprint density at radius 2 is 1.83 bits per heavy atom. The lowest BCUT2D eigenvalue weighted by Crippen LogP contribution is -2.15. The average Bonchev–Trinajstić information content (AvgIpc) is 3.17. The lowest BCUT2D eigenvalue weighted by atomic mass is 10.1. The van der Waals surface area contributed by atoms with E-state index in [-0.39, 0.29) is 0 Å². The molecule has 0 spiro atoms. The van der Waals surface area contributed by atoms with E-state index in [1.807, 2.05) is 47.4 Å². The molecule has 0 amide bonds. The molecule has 0 bridgehead atoms. The summed E-state index contributed by atoms with van der Waals surface area (Å²) in [6, 6.07) is 14.2. The molecule has 0 atom stereocenters. The Balaban J connectivity index is 1.70. The highest BCUT2D eigenvalue weighted by Gasteiger charge is 2.07. The zero-order chi connectivity index (χ0) is 16.8. The molecule has 124 valence electrons. The first-order valence-corrected chi connectivity index (χ1v) is 7.79. The summed E-state index contributed by atoms with van der Waals surface area (Å²) in [5.41, 5.74) is 3.44. The molecule has 24 heavy (non-hydrogen) atoms. The lowest BCUT2D eigenvalue weighted by Gasteiger charge is -2.13. The molecule has 1 heterocycles. The first-order chi connectivity index (χ1) is 11.8. The zero-order valence-electron chi connectivity index (χ0n) is 13.9. The van der Waals surface area contributed by atoms with Gasteiger partial charge in [-0.05, 0) is 17.7 Å². The standard InChI is InChI=1S/C19H21N3O2/c1-23-17-8-7-16(19(11-17)24-2)13-21-12-15-5-3-4-6-18(15)22-10-9-20-14-22/h3-11,14,21H,12-13H2,1-2H3. The van der Waals surface area contributed by atoms with Gasteiger partial charge in [-0.3, -0.25) is 0 Å². The van der Waals surface area contributed by atoms with Gasteiger partial charge in [-0.25, -0.2) is 4.98 Å². The summed E-state index contributed by atoms with van der Waals surface area (Å²) in [7, 11) is 3.33. The number of ether oxygens (including phenoxy) is 2. The highest BCUT2D eigenvalue weighted by atomic mass is 16.5. The molecular formula is C19H21N3O2. The molecular weight excluding hydrogens is 302 g/mol. The fourth-order valence-electron chi connectivity index (χ4n) is 2.64. The summed E-state index contributed by atoms with van der Waals surface area (Å²) < 4.78 is 12.7. The Hall–Kier alpha value is -2.79. The van der Waals surface area contributed by atoms with Crippen molar-refractivity contribution < 1.29 is 9.47 Å². The molecule has 3 aromatic rings. The summed E-state index contributed by atoms with van der Waals surface area (Å²) in [6.07, 6.45) is 5.54. The minimum Gasteiger partial charge on any atom is -0.497 e. The van der Waals surface area contributed by atoms with Crippen molar-refractivity contribution in [1.82, 2.24) is 14.9 Å². The third-order valence-corrected chi connectivity index (χ3v) is 3.90. The van der Waals surface area contributed by atoms with Crippen LogP contribution in [0.5, 0.6) is 11.5 Å². The first kappa shape index (κ1) is 16.1. The molecule has 2 aromatic carbocycles. The van der Waals surface area contributed by atoms with E-state index in [0.29, 0.717) is 6.54 Å². The maximum atomic E-state index is 5.44. The van der Waals surface area contributed by atoms with Crippen LogP contribution < -0.4 is 14.8 Å². The van der Waals surface area contributed by atoms with Gasteiger partial charge in [0.25, 0.3) is 0 Å². The SMILES string of the molecule is COc1ccc(CNCc2ccccc2-n2ccnc2)c(OC)c1. The van der Waals surface area contributed by atoms with Crippen molar-refractivity contribution in [2.45, 2.75) is 13.1 Å². The van der Waals surface area contributed by atoms with Crippen LogP contribution in [0.1, 0.15) is 11.1 Å². The van der Waals surface area contributed by atoms with Gasteiger partial charge in [0, 0.05) is 37.1 Å². The predicted octanol–water partition coefficient (Wildman–Crippen LogP) is 3.18. The molecule has 0 radical (unpaired) electrons. The van der Waals surface area contributed by atoms with Crippen LogP contribution in [0.15, 0.2) is 61.2 Å². The number of rotatable bonds is 7. The van der Waals surface area contributed by atoms with Crippen LogP contribution in [0.2, 0.25) is 0 Å². The summed E-state index contributed by atoms with van der Waals surface area (Å²) in [6.45, 7) is 1.47. The number of nitrogens with zero attached hydrogens (tertiary/aromatic N) is 2. The van der Waals surface area contributed by atoms with E-state index in [1.54, 1.807) is 20.4 Å². The molecule has 0 aliphatic carbocycles. The van der Waals surface area contributed by atoms with Gasteiger partial charge >= 0.3 is 0 Å². The minimum atomic E-state index is 0.714. The second-order valence-electron chi connectivity index (χ2n) is 5.38. The van der Waals surface area contributed by atoms with Gasteiger partial charge in [-0.15, -0.1) is 0 Å².